The van der Waals surface area contributed by atoms with Gasteiger partial charge in [0.25, 0.3) is 0 Å². The lowest BCUT2D eigenvalue weighted by atomic mass is 9.85. The molecule has 0 saturated heterocycles. The van der Waals surface area contributed by atoms with Gasteiger partial charge in [0, 0.05) is 11.4 Å². The lowest BCUT2D eigenvalue weighted by Crippen LogP contribution is -2.09. The Hall–Kier alpha value is -2.26. The number of carboxylic acid groups (broad SMARTS) is 1. The van der Waals surface area contributed by atoms with Crippen molar-refractivity contribution in [2.45, 2.75) is 53.4 Å². The fourth-order valence-corrected chi connectivity index (χ4v) is 4.55. The van der Waals surface area contributed by atoms with Crippen LogP contribution in [0, 0.1) is 25.7 Å². The molecule has 4 heteroatoms. The third-order valence-corrected chi connectivity index (χ3v) is 6.58. The minimum atomic E-state index is -0.769. The molecule has 1 unspecified atom stereocenters. The first kappa shape index (κ1) is 22.4. The van der Waals surface area contributed by atoms with Crippen molar-refractivity contribution in [1.29, 1.82) is 0 Å². The largest absolute Gasteiger partial charge is 0.489 e. The molecule has 0 radical (unpaired) electrons. The number of allylic oxidation sites excluding steroid dienone is 1. The standard InChI is InChI=1S/C26H31ClO3/c1-16(2)23-12-7-21(26(23)20-5-10-22(27)11-6-20)15-30-24-13-8-19(9-14-25(28)29)17(3)18(24)4/h5-6,8,10-11,13,16,23H,7,9,12,14-15H2,1-4H3,(H,28,29). The Morgan fingerprint density at radius 3 is 2.47 bits per heavy atom. The number of rotatable bonds is 8. The number of aryl methyl sites for hydroxylation is 1. The lowest BCUT2D eigenvalue weighted by Gasteiger charge is -2.20. The van der Waals surface area contributed by atoms with E-state index in [1.165, 1.54) is 16.7 Å². The highest BCUT2D eigenvalue weighted by Gasteiger charge is 2.29. The van der Waals surface area contributed by atoms with Gasteiger partial charge in [-0.15, -0.1) is 0 Å². The van der Waals surface area contributed by atoms with Gasteiger partial charge in [-0.25, -0.2) is 0 Å². The molecule has 0 heterocycles. The molecular weight excluding hydrogens is 396 g/mol. The number of benzene rings is 2. The van der Waals surface area contributed by atoms with Crippen molar-refractivity contribution in [3.8, 4) is 5.75 Å². The highest BCUT2D eigenvalue weighted by Crippen LogP contribution is 2.43. The number of carboxylic acids is 1. The first-order valence-corrected chi connectivity index (χ1v) is 11.1. The van der Waals surface area contributed by atoms with E-state index in [4.69, 9.17) is 21.4 Å². The van der Waals surface area contributed by atoms with Crippen LogP contribution in [0.2, 0.25) is 5.02 Å². The van der Waals surface area contributed by atoms with Crippen LogP contribution in [0.15, 0.2) is 42.0 Å². The minimum absolute atomic E-state index is 0.147. The van der Waals surface area contributed by atoms with Crippen LogP contribution in [0.3, 0.4) is 0 Å². The van der Waals surface area contributed by atoms with Gasteiger partial charge in [0.15, 0.2) is 0 Å². The Balaban J connectivity index is 1.83. The van der Waals surface area contributed by atoms with E-state index in [2.05, 4.69) is 32.9 Å². The van der Waals surface area contributed by atoms with Crippen LogP contribution >= 0.6 is 11.6 Å². The summed E-state index contributed by atoms with van der Waals surface area (Å²) in [4.78, 5) is 10.9. The third-order valence-electron chi connectivity index (χ3n) is 6.33. The van der Waals surface area contributed by atoms with Crippen molar-refractivity contribution in [2.75, 3.05) is 6.61 Å². The molecule has 3 nitrogen and oxygen atoms in total. The molecule has 0 spiro atoms. The molecular formula is C26H31ClO3. The zero-order chi connectivity index (χ0) is 21.8. The molecule has 2 aromatic rings. The van der Waals surface area contributed by atoms with E-state index in [0.717, 1.165) is 40.3 Å². The molecule has 1 atom stereocenters. The highest BCUT2D eigenvalue weighted by molar-refractivity contribution is 6.30. The van der Waals surface area contributed by atoms with E-state index in [-0.39, 0.29) is 6.42 Å². The average Bonchev–Trinajstić information content (AvgIpc) is 3.13. The van der Waals surface area contributed by atoms with Gasteiger partial charge in [-0.2, -0.15) is 0 Å². The second-order valence-electron chi connectivity index (χ2n) is 8.57. The predicted molar refractivity (Wildman–Crippen MR) is 123 cm³/mol. The Bertz CT molecular complexity index is 941. The van der Waals surface area contributed by atoms with Gasteiger partial charge in [0.05, 0.1) is 0 Å². The maximum absolute atomic E-state index is 10.9. The fraction of sp³-hybridized carbons (Fsp3) is 0.423. The Morgan fingerprint density at radius 2 is 1.83 bits per heavy atom. The van der Waals surface area contributed by atoms with Crippen molar-refractivity contribution in [3.63, 3.8) is 0 Å². The fourth-order valence-electron chi connectivity index (χ4n) is 4.42. The summed E-state index contributed by atoms with van der Waals surface area (Å²) in [5.41, 5.74) is 7.30. The van der Waals surface area contributed by atoms with E-state index < -0.39 is 5.97 Å². The van der Waals surface area contributed by atoms with Gasteiger partial charge in [0.1, 0.15) is 12.4 Å². The summed E-state index contributed by atoms with van der Waals surface area (Å²) in [6, 6.07) is 12.1. The van der Waals surface area contributed by atoms with E-state index in [0.29, 0.717) is 24.9 Å². The molecule has 1 N–H and O–H groups in total. The van der Waals surface area contributed by atoms with Crippen LogP contribution < -0.4 is 4.74 Å². The number of carbonyl (C=O) groups is 1. The maximum atomic E-state index is 10.9. The molecule has 1 aliphatic carbocycles. The summed E-state index contributed by atoms with van der Waals surface area (Å²) in [6.45, 7) is 9.24. The molecule has 30 heavy (non-hydrogen) atoms. The number of ether oxygens (including phenoxy) is 1. The van der Waals surface area contributed by atoms with Crippen molar-refractivity contribution >= 4 is 23.1 Å². The third kappa shape index (κ3) is 5.07. The molecule has 0 bridgehead atoms. The van der Waals surface area contributed by atoms with Crippen molar-refractivity contribution < 1.29 is 14.6 Å². The summed E-state index contributed by atoms with van der Waals surface area (Å²) >= 11 is 6.11. The number of halogens is 1. The maximum Gasteiger partial charge on any atom is 0.303 e. The second kappa shape index (κ2) is 9.70. The van der Waals surface area contributed by atoms with Crippen LogP contribution in [-0.4, -0.2) is 17.7 Å². The van der Waals surface area contributed by atoms with E-state index in [9.17, 15) is 4.79 Å². The molecule has 0 aromatic heterocycles. The average molecular weight is 427 g/mol. The molecule has 0 aliphatic heterocycles. The molecule has 0 fully saturated rings. The van der Waals surface area contributed by atoms with Crippen LogP contribution in [0.5, 0.6) is 5.75 Å². The van der Waals surface area contributed by atoms with E-state index >= 15 is 0 Å². The monoisotopic (exact) mass is 426 g/mol. The van der Waals surface area contributed by atoms with Crippen LogP contribution in [0.1, 0.15) is 55.4 Å². The van der Waals surface area contributed by atoms with Gasteiger partial charge in [-0.3, -0.25) is 4.79 Å². The number of aliphatic carboxylic acids is 1. The molecule has 1 aliphatic rings. The summed E-state index contributed by atoms with van der Waals surface area (Å²) in [7, 11) is 0. The Kier molecular flexibility index (Phi) is 7.25. The van der Waals surface area contributed by atoms with Gasteiger partial charge in [0.2, 0.25) is 0 Å². The Labute approximate surface area is 184 Å². The lowest BCUT2D eigenvalue weighted by molar-refractivity contribution is -0.136. The Morgan fingerprint density at radius 1 is 1.13 bits per heavy atom. The molecule has 0 saturated carbocycles. The number of hydrogen-bond donors (Lipinski definition) is 1. The molecule has 0 amide bonds. The van der Waals surface area contributed by atoms with Crippen LogP contribution in [-0.2, 0) is 11.2 Å². The van der Waals surface area contributed by atoms with Gasteiger partial charge in [-0.1, -0.05) is 43.6 Å². The zero-order valence-corrected chi connectivity index (χ0v) is 19.1. The van der Waals surface area contributed by atoms with E-state index in [1.54, 1.807) is 0 Å². The summed E-state index contributed by atoms with van der Waals surface area (Å²) in [6.07, 6.45) is 2.90. The van der Waals surface area contributed by atoms with Crippen LogP contribution in [0.25, 0.3) is 5.57 Å². The summed E-state index contributed by atoms with van der Waals surface area (Å²) in [5.74, 6) is 1.22. The second-order valence-corrected chi connectivity index (χ2v) is 9.00. The predicted octanol–water partition coefficient (Wildman–Crippen LogP) is 6.87. The topological polar surface area (TPSA) is 46.5 Å². The van der Waals surface area contributed by atoms with Crippen molar-refractivity contribution in [2.24, 2.45) is 11.8 Å². The highest BCUT2D eigenvalue weighted by atomic mass is 35.5. The van der Waals surface area contributed by atoms with Gasteiger partial charge < -0.3 is 9.84 Å². The first-order chi connectivity index (χ1) is 14.3. The normalized spacial score (nSPS) is 16.4. The minimum Gasteiger partial charge on any atom is -0.489 e. The SMILES string of the molecule is Cc1c(CCC(=O)O)ccc(OCC2=C(c3ccc(Cl)cc3)C(C(C)C)CC2)c1C. The smallest absolute Gasteiger partial charge is 0.303 e. The summed E-state index contributed by atoms with van der Waals surface area (Å²) in [5, 5.41) is 9.71. The van der Waals surface area contributed by atoms with Crippen molar-refractivity contribution in [1.82, 2.24) is 0 Å². The van der Waals surface area contributed by atoms with Gasteiger partial charge in [-0.05, 0) is 96.5 Å². The number of hydrogen-bond acceptors (Lipinski definition) is 2. The van der Waals surface area contributed by atoms with E-state index in [1.807, 2.05) is 31.2 Å². The quantitative estimate of drug-likeness (QED) is 0.500. The molecule has 3 rings (SSSR count). The molecule has 160 valence electrons. The first-order valence-electron chi connectivity index (χ1n) is 10.7. The van der Waals surface area contributed by atoms with Gasteiger partial charge >= 0.3 is 5.97 Å². The van der Waals surface area contributed by atoms with Crippen molar-refractivity contribution in [3.05, 3.63) is 69.2 Å². The zero-order valence-electron chi connectivity index (χ0n) is 18.3. The molecule has 2 aromatic carbocycles. The van der Waals surface area contributed by atoms with Crippen LogP contribution in [0.4, 0.5) is 0 Å². The summed E-state index contributed by atoms with van der Waals surface area (Å²) < 4.78 is 6.29.